The number of nitrogens with zero attached hydrogens (tertiary/aromatic N) is 1. The van der Waals surface area contributed by atoms with Crippen molar-refractivity contribution in [3.05, 3.63) is 0 Å². The summed E-state index contributed by atoms with van der Waals surface area (Å²) in [7, 11) is 0. The highest BCUT2D eigenvalue weighted by Gasteiger charge is 2.51. The van der Waals surface area contributed by atoms with Gasteiger partial charge in [0.05, 0.1) is 12.1 Å². The Balaban J connectivity index is 1.71. The van der Waals surface area contributed by atoms with Crippen LogP contribution in [-0.2, 0) is 4.79 Å². The summed E-state index contributed by atoms with van der Waals surface area (Å²) < 4.78 is 0. The van der Waals surface area contributed by atoms with Gasteiger partial charge < -0.3 is 10.4 Å². The molecule has 2 N–H and O–H groups in total. The molecule has 0 atom stereocenters. The fourth-order valence-corrected chi connectivity index (χ4v) is 2.43. The first-order valence-corrected chi connectivity index (χ1v) is 6.60. The molecule has 1 amide bonds. The molecular formula is C13H24N2O2. The number of amides is 1. The minimum atomic E-state index is -0.486. The fourth-order valence-electron chi connectivity index (χ4n) is 2.43. The summed E-state index contributed by atoms with van der Waals surface area (Å²) in [6, 6.07) is 0. The van der Waals surface area contributed by atoms with Gasteiger partial charge in [-0.15, -0.1) is 0 Å². The van der Waals surface area contributed by atoms with Crippen LogP contribution >= 0.6 is 0 Å². The molecule has 1 saturated carbocycles. The minimum absolute atomic E-state index is 0.0645. The Hall–Kier alpha value is -0.610. The summed E-state index contributed by atoms with van der Waals surface area (Å²) in [5.74, 6) is 0.559. The molecular weight excluding hydrogens is 216 g/mol. The van der Waals surface area contributed by atoms with Crippen LogP contribution in [0.3, 0.4) is 0 Å². The molecule has 0 aromatic heterocycles. The lowest BCUT2D eigenvalue weighted by Gasteiger charge is -2.47. The average molecular weight is 240 g/mol. The molecule has 2 rings (SSSR count). The summed E-state index contributed by atoms with van der Waals surface area (Å²) in [6.45, 7) is 7.87. The molecule has 17 heavy (non-hydrogen) atoms. The van der Waals surface area contributed by atoms with E-state index in [0.29, 0.717) is 25.6 Å². The second-order valence-corrected chi connectivity index (χ2v) is 6.31. The first-order chi connectivity index (χ1) is 7.85. The maximum atomic E-state index is 11.8. The molecule has 0 aromatic carbocycles. The van der Waals surface area contributed by atoms with Crippen LogP contribution in [0.5, 0.6) is 0 Å². The number of hydrogen-bond donors (Lipinski definition) is 2. The van der Waals surface area contributed by atoms with Crippen LogP contribution in [0.4, 0.5) is 0 Å². The van der Waals surface area contributed by atoms with Gasteiger partial charge in [-0.05, 0) is 39.0 Å². The molecule has 1 heterocycles. The third-order valence-electron chi connectivity index (χ3n) is 4.06. The average Bonchev–Trinajstić information content (AvgIpc) is 2.97. The highest BCUT2D eigenvalue weighted by Crippen LogP contribution is 2.44. The third-order valence-corrected chi connectivity index (χ3v) is 4.06. The van der Waals surface area contributed by atoms with Gasteiger partial charge in [0.2, 0.25) is 5.91 Å². The van der Waals surface area contributed by atoms with Gasteiger partial charge in [0.25, 0.3) is 0 Å². The van der Waals surface area contributed by atoms with Gasteiger partial charge in [-0.25, -0.2) is 0 Å². The fraction of sp³-hybridized carbons (Fsp3) is 0.923. The maximum Gasteiger partial charge on any atom is 0.234 e. The van der Waals surface area contributed by atoms with E-state index in [0.717, 1.165) is 19.3 Å². The molecule has 98 valence electrons. The predicted octanol–water partition coefficient (Wildman–Crippen LogP) is 0.748. The Kier molecular flexibility index (Phi) is 3.21. The predicted molar refractivity (Wildman–Crippen MR) is 66.6 cm³/mol. The smallest absolute Gasteiger partial charge is 0.234 e. The molecule has 1 saturated heterocycles. The van der Waals surface area contributed by atoms with E-state index >= 15 is 0 Å². The quantitative estimate of drug-likeness (QED) is 0.745. The summed E-state index contributed by atoms with van der Waals surface area (Å²) in [5.41, 5.74) is -0.616. The van der Waals surface area contributed by atoms with Crippen LogP contribution in [0.1, 0.15) is 40.0 Å². The molecule has 0 spiro atoms. The Morgan fingerprint density at radius 3 is 2.53 bits per heavy atom. The first-order valence-electron chi connectivity index (χ1n) is 6.60. The largest absolute Gasteiger partial charge is 0.387 e. The Labute approximate surface area is 103 Å². The molecule has 2 aliphatic rings. The Morgan fingerprint density at radius 1 is 1.47 bits per heavy atom. The number of likely N-dealkylation sites (tertiary alicyclic amines) is 1. The second-order valence-electron chi connectivity index (χ2n) is 6.31. The van der Waals surface area contributed by atoms with Gasteiger partial charge in [-0.2, -0.15) is 0 Å². The summed E-state index contributed by atoms with van der Waals surface area (Å²) in [6.07, 6.45) is 3.23. The summed E-state index contributed by atoms with van der Waals surface area (Å²) >= 11 is 0. The van der Waals surface area contributed by atoms with E-state index in [9.17, 15) is 9.90 Å². The number of rotatable bonds is 5. The second kappa shape index (κ2) is 4.25. The minimum Gasteiger partial charge on any atom is -0.387 e. The van der Waals surface area contributed by atoms with Gasteiger partial charge in [0.15, 0.2) is 0 Å². The van der Waals surface area contributed by atoms with Crippen LogP contribution in [0, 0.1) is 5.92 Å². The van der Waals surface area contributed by atoms with Crippen molar-refractivity contribution in [3.8, 4) is 0 Å². The van der Waals surface area contributed by atoms with Gasteiger partial charge in [0.1, 0.15) is 0 Å². The molecule has 0 bridgehead atoms. The molecule has 2 fully saturated rings. The summed E-state index contributed by atoms with van der Waals surface area (Å²) in [4.78, 5) is 13.8. The normalized spacial score (nSPS) is 24.2. The topological polar surface area (TPSA) is 52.6 Å². The molecule has 0 unspecified atom stereocenters. The van der Waals surface area contributed by atoms with Gasteiger partial charge in [-0.3, -0.25) is 9.69 Å². The van der Waals surface area contributed by atoms with Crippen molar-refractivity contribution in [3.63, 3.8) is 0 Å². The van der Waals surface area contributed by atoms with Gasteiger partial charge in [-0.1, -0.05) is 6.92 Å². The van der Waals surface area contributed by atoms with Crippen LogP contribution in [0.2, 0.25) is 0 Å². The summed E-state index contributed by atoms with van der Waals surface area (Å²) in [5, 5.41) is 13.2. The van der Waals surface area contributed by atoms with E-state index < -0.39 is 5.60 Å². The Bertz CT molecular complexity index is 305. The zero-order valence-corrected chi connectivity index (χ0v) is 11.1. The van der Waals surface area contributed by atoms with Crippen LogP contribution < -0.4 is 5.32 Å². The maximum absolute atomic E-state index is 11.8. The molecule has 0 radical (unpaired) electrons. The van der Waals surface area contributed by atoms with Crippen molar-refractivity contribution >= 4 is 5.91 Å². The molecule has 1 aliphatic carbocycles. The third kappa shape index (κ3) is 2.99. The van der Waals surface area contributed by atoms with Crippen molar-refractivity contribution in [2.24, 2.45) is 5.92 Å². The van der Waals surface area contributed by atoms with Crippen LogP contribution in [-0.4, -0.2) is 46.7 Å². The van der Waals surface area contributed by atoms with Crippen LogP contribution in [0.25, 0.3) is 0 Å². The first kappa shape index (κ1) is 12.8. The van der Waals surface area contributed by atoms with Crippen molar-refractivity contribution in [2.75, 3.05) is 19.6 Å². The van der Waals surface area contributed by atoms with E-state index in [1.807, 2.05) is 18.7 Å². The zero-order valence-electron chi connectivity index (χ0n) is 11.1. The SMILES string of the molecule is CCC(C)(C)NC(=O)CN1CC(O)(C2CC2)C1. The monoisotopic (exact) mass is 240 g/mol. The number of carbonyl (C=O) groups excluding carboxylic acids is 1. The van der Waals surface area contributed by atoms with E-state index in [1.54, 1.807) is 0 Å². The lowest BCUT2D eigenvalue weighted by atomic mass is 9.89. The highest BCUT2D eigenvalue weighted by atomic mass is 16.3. The molecule has 4 heteroatoms. The lowest BCUT2D eigenvalue weighted by Crippen LogP contribution is -2.65. The van der Waals surface area contributed by atoms with Crippen molar-refractivity contribution < 1.29 is 9.90 Å². The zero-order chi connectivity index (χ0) is 12.7. The van der Waals surface area contributed by atoms with Crippen molar-refractivity contribution in [1.29, 1.82) is 0 Å². The highest BCUT2D eigenvalue weighted by molar-refractivity contribution is 5.78. The van der Waals surface area contributed by atoms with Crippen molar-refractivity contribution in [2.45, 2.75) is 51.2 Å². The van der Waals surface area contributed by atoms with Crippen LogP contribution in [0.15, 0.2) is 0 Å². The number of carbonyl (C=O) groups is 1. The Morgan fingerprint density at radius 2 is 2.06 bits per heavy atom. The number of nitrogens with one attached hydrogen (secondary N) is 1. The van der Waals surface area contributed by atoms with E-state index in [2.05, 4.69) is 12.2 Å². The standard InChI is InChI=1S/C13H24N2O2/c1-4-12(2,3)14-11(16)7-15-8-13(17,9-15)10-5-6-10/h10,17H,4-9H2,1-3H3,(H,14,16). The number of hydrogen-bond acceptors (Lipinski definition) is 3. The molecule has 1 aliphatic heterocycles. The van der Waals surface area contributed by atoms with E-state index in [4.69, 9.17) is 0 Å². The number of β-amino-alcohol motifs (C(OH)–C–C–N with tert-alkyl or cyclic N) is 1. The van der Waals surface area contributed by atoms with E-state index in [-0.39, 0.29) is 11.4 Å². The number of aliphatic hydroxyl groups is 1. The van der Waals surface area contributed by atoms with Crippen molar-refractivity contribution in [1.82, 2.24) is 10.2 Å². The van der Waals surface area contributed by atoms with E-state index in [1.165, 1.54) is 0 Å². The molecule has 0 aromatic rings. The van der Waals surface area contributed by atoms with Gasteiger partial charge >= 0.3 is 0 Å². The lowest BCUT2D eigenvalue weighted by molar-refractivity contribution is -0.137. The van der Waals surface area contributed by atoms with Gasteiger partial charge in [0, 0.05) is 18.6 Å². The molecule has 4 nitrogen and oxygen atoms in total.